The Morgan fingerprint density at radius 1 is 0.870 bits per heavy atom. The normalized spacial score (nSPS) is 17.7. The number of hydrogen-bond acceptors (Lipinski definition) is 9. The second kappa shape index (κ2) is 19.2. The van der Waals surface area contributed by atoms with E-state index in [4.69, 9.17) is 9.47 Å². The van der Waals surface area contributed by atoms with E-state index in [9.17, 15) is 33.6 Å². The first kappa shape index (κ1) is 45.6. The summed E-state index contributed by atoms with van der Waals surface area (Å²) >= 11 is 0. The lowest BCUT2D eigenvalue weighted by molar-refractivity contribution is -0.149. The van der Waals surface area contributed by atoms with Crippen LogP contribution in [0, 0.1) is 5.41 Å². The molecule has 5 atom stereocenters. The lowest BCUT2D eigenvalue weighted by Crippen LogP contribution is -2.61. The van der Waals surface area contributed by atoms with Crippen molar-refractivity contribution in [2.45, 2.75) is 136 Å². The zero-order valence-electron chi connectivity index (χ0n) is 34.1. The predicted molar refractivity (Wildman–Crippen MR) is 203 cm³/mol. The third-order valence-electron chi connectivity index (χ3n) is 8.41. The van der Waals surface area contributed by atoms with Gasteiger partial charge in [-0.3, -0.25) is 28.8 Å². The molecule has 15 nitrogen and oxygen atoms in total. The Balaban J connectivity index is 2.31. The molecule has 302 valence electrons. The average Bonchev–Trinajstić information content (AvgIpc) is 3.46. The number of carbonyl (C=O) groups is 7. The van der Waals surface area contributed by atoms with E-state index in [1.807, 2.05) is 27.7 Å². The van der Waals surface area contributed by atoms with Crippen molar-refractivity contribution in [2.24, 2.45) is 5.41 Å². The molecule has 0 aliphatic carbocycles. The molecule has 2 rings (SSSR count). The number of ketones is 1. The topological polar surface area (TPSA) is 193 Å². The molecule has 1 aromatic carbocycles. The Labute approximate surface area is 320 Å². The zero-order valence-corrected chi connectivity index (χ0v) is 34.1. The second-order valence-corrected chi connectivity index (χ2v) is 16.9. The van der Waals surface area contributed by atoms with Crippen LogP contribution in [-0.4, -0.2) is 114 Å². The monoisotopic (exact) mass is 758 g/mol. The van der Waals surface area contributed by atoms with Crippen molar-refractivity contribution in [3.05, 3.63) is 35.9 Å². The number of amides is 6. The van der Waals surface area contributed by atoms with Gasteiger partial charge in [0.2, 0.25) is 29.4 Å². The molecule has 0 radical (unpaired) electrons. The van der Waals surface area contributed by atoms with Gasteiger partial charge in [0.05, 0.1) is 24.3 Å². The number of unbranched alkanes of at least 4 members (excludes halogenated alkanes) is 1. The van der Waals surface area contributed by atoms with Crippen molar-refractivity contribution in [2.75, 3.05) is 27.2 Å². The van der Waals surface area contributed by atoms with Gasteiger partial charge in [0, 0.05) is 20.6 Å². The van der Waals surface area contributed by atoms with Crippen LogP contribution < -0.4 is 21.3 Å². The van der Waals surface area contributed by atoms with E-state index >= 15 is 0 Å². The molecule has 0 spiro atoms. The number of rotatable bonds is 15. The van der Waals surface area contributed by atoms with E-state index in [0.29, 0.717) is 24.8 Å². The number of carbonyl (C=O) groups excluding carboxylic acids is 7. The van der Waals surface area contributed by atoms with Gasteiger partial charge in [0.1, 0.15) is 23.7 Å². The van der Waals surface area contributed by atoms with Crippen molar-refractivity contribution < 1.29 is 43.0 Å². The summed E-state index contributed by atoms with van der Waals surface area (Å²) in [6.07, 6.45) is -0.00569. The van der Waals surface area contributed by atoms with Gasteiger partial charge in [-0.05, 0) is 65.4 Å². The molecule has 54 heavy (non-hydrogen) atoms. The van der Waals surface area contributed by atoms with Gasteiger partial charge in [-0.1, -0.05) is 70.9 Å². The van der Waals surface area contributed by atoms with Crippen molar-refractivity contribution in [1.82, 2.24) is 31.1 Å². The minimum Gasteiger partial charge on any atom is -0.444 e. The minimum absolute atomic E-state index is 0.115. The second-order valence-electron chi connectivity index (χ2n) is 16.9. The van der Waals surface area contributed by atoms with Crippen LogP contribution in [0.5, 0.6) is 0 Å². The molecule has 0 bridgehead atoms. The van der Waals surface area contributed by atoms with Crippen molar-refractivity contribution in [3.8, 4) is 0 Å². The van der Waals surface area contributed by atoms with Gasteiger partial charge in [-0.25, -0.2) is 4.79 Å². The number of benzene rings is 1. The lowest BCUT2D eigenvalue weighted by atomic mass is 9.85. The summed E-state index contributed by atoms with van der Waals surface area (Å²) < 4.78 is 11.7. The number of likely N-dealkylation sites (N-methyl/N-ethyl adjacent to an activating group) is 1. The highest BCUT2D eigenvalue weighted by molar-refractivity contribution is 6.38. The number of nitrogens with one attached hydrogen (secondary N) is 4. The fraction of sp³-hybridized carbons (Fsp3) is 0.667. The molecule has 4 N–H and O–H groups in total. The van der Waals surface area contributed by atoms with Gasteiger partial charge in [-0.2, -0.15) is 0 Å². The summed E-state index contributed by atoms with van der Waals surface area (Å²) in [6.45, 7) is 17.3. The summed E-state index contributed by atoms with van der Waals surface area (Å²) in [5, 5.41) is 10.3. The predicted octanol–water partition coefficient (Wildman–Crippen LogP) is 3.02. The Morgan fingerprint density at radius 2 is 1.48 bits per heavy atom. The highest BCUT2D eigenvalue weighted by Gasteiger charge is 2.48. The van der Waals surface area contributed by atoms with E-state index in [0.717, 1.165) is 0 Å². The van der Waals surface area contributed by atoms with Crippen LogP contribution in [-0.2, 0) is 38.2 Å². The van der Waals surface area contributed by atoms with Crippen molar-refractivity contribution in [3.63, 3.8) is 0 Å². The number of Topliss-reactive ketones (excluding diaryl/α,β-unsaturated/α-hetero) is 1. The van der Waals surface area contributed by atoms with E-state index in [1.165, 1.54) is 9.80 Å². The summed E-state index contributed by atoms with van der Waals surface area (Å²) in [7, 11) is 3.11. The molecule has 1 heterocycles. The molecule has 15 heteroatoms. The number of hydrogen-bond donors (Lipinski definition) is 4. The molecular weight excluding hydrogens is 696 g/mol. The zero-order chi connectivity index (χ0) is 41.2. The first-order chi connectivity index (χ1) is 24.9. The van der Waals surface area contributed by atoms with Gasteiger partial charge >= 0.3 is 6.09 Å². The van der Waals surface area contributed by atoms with Gasteiger partial charge in [-0.15, -0.1) is 0 Å². The number of nitrogens with zero attached hydrogens (tertiary/aromatic N) is 2. The first-order valence-electron chi connectivity index (χ1n) is 18.5. The van der Waals surface area contributed by atoms with Crippen molar-refractivity contribution >= 4 is 41.4 Å². The van der Waals surface area contributed by atoms with Gasteiger partial charge < -0.3 is 40.5 Å². The smallest absolute Gasteiger partial charge is 0.408 e. The van der Waals surface area contributed by atoms with Crippen molar-refractivity contribution in [1.29, 1.82) is 0 Å². The summed E-state index contributed by atoms with van der Waals surface area (Å²) in [6, 6.07) is 4.02. The van der Waals surface area contributed by atoms with Gasteiger partial charge in [0.25, 0.3) is 5.91 Å². The maximum absolute atomic E-state index is 14.2. The molecule has 1 aromatic rings. The minimum atomic E-state index is -1.28. The fourth-order valence-corrected chi connectivity index (χ4v) is 5.88. The van der Waals surface area contributed by atoms with Gasteiger partial charge in [0.15, 0.2) is 0 Å². The van der Waals surface area contributed by atoms with Crippen LogP contribution in [0.3, 0.4) is 0 Å². The quantitative estimate of drug-likeness (QED) is 0.195. The average molecular weight is 759 g/mol. The van der Waals surface area contributed by atoms with Crippen LogP contribution in [0.25, 0.3) is 0 Å². The fourth-order valence-electron chi connectivity index (χ4n) is 5.88. The molecule has 2 unspecified atom stereocenters. The third-order valence-corrected chi connectivity index (χ3v) is 8.41. The number of likely N-dealkylation sites (tertiary alicyclic amines) is 1. The highest BCUT2D eigenvalue weighted by atomic mass is 16.6. The molecular formula is C39H62N6O9. The molecule has 1 saturated heterocycles. The largest absolute Gasteiger partial charge is 0.444 e. The molecule has 0 saturated carbocycles. The Kier molecular flexibility index (Phi) is 16.2. The Hall–Kier alpha value is -4.53. The summed E-state index contributed by atoms with van der Waals surface area (Å²) in [5.41, 5.74) is -1.77. The van der Waals surface area contributed by atoms with Crippen LogP contribution in [0.1, 0.15) is 107 Å². The number of ether oxygens (including phenoxy) is 2. The molecule has 0 aromatic heterocycles. The molecule has 6 amide bonds. The van der Waals surface area contributed by atoms with E-state index < -0.39 is 88.9 Å². The van der Waals surface area contributed by atoms with E-state index in [2.05, 4.69) is 21.3 Å². The molecule has 1 fully saturated rings. The maximum atomic E-state index is 14.2. The lowest BCUT2D eigenvalue weighted by Gasteiger charge is -2.37. The summed E-state index contributed by atoms with van der Waals surface area (Å²) in [4.78, 5) is 96.5. The summed E-state index contributed by atoms with van der Waals surface area (Å²) in [5.74, 6) is -4.40. The standard InChI is InChI=1S/C39H62N6O9/c1-13-14-20-25(30(47)33(49)40-23-27(46)42-28(34(50)44(11)12)24-18-16-15-17-19-24)41-32(48)29-26(53-38(5,6)7)21-22-45(29)35(51)31(37(2,3)4)43-36(52)54-39(8,9)10/h15-19,25-26,28-29,31H,13-14,20-23H2,1-12H3,(H,40,49)(H,41,48)(H,42,46)(H,43,52)/t25-,26?,28?,29-,31+/m0/s1. The molecule has 1 aliphatic rings. The Morgan fingerprint density at radius 3 is 2.00 bits per heavy atom. The van der Waals surface area contributed by atoms with Crippen LogP contribution in [0.2, 0.25) is 0 Å². The third kappa shape index (κ3) is 14.0. The SMILES string of the molecule is CCCC[C@H](NC(=O)[C@@H]1C(OC(C)(C)C)CCN1C(=O)[C@@H](NC(=O)OC(C)(C)C)C(C)(C)C)C(=O)C(=O)NCC(=O)NC(C(=O)N(C)C)c1ccccc1. The highest BCUT2D eigenvalue weighted by Crippen LogP contribution is 2.30. The first-order valence-corrected chi connectivity index (χ1v) is 18.5. The van der Waals surface area contributed by atoms with Crippen LogP contribution in [0.15, 0.2) is 30.3 Å². The Bertz CT molecular complexity index is 1490. The van der Waals surface area contributed by atoms with E-state index in [-0.39, 0.29) is 18.9 Å². The number of alkyl carbamates (subject to hydrolysis) is 1. The molecule has 1 aliphatic heterocycles. The van der Waals surface area contributed by atoms with Crippen LogP contribution in [0.4, 0.5) is 4.79 Å². The van der Waals surface area contributed by atoms with Crippen LogP contribution >= 0.6 is 0 Å². The van der Waals surface area contributed by atoms with E-state index in [1.54, 1.807) is 86.0 Å². The maximum Gasteiger partial charge on any atom is 0.408 e.